The first kappa shape index (κ1) is 11.7. The summed E-state index contributed by atoms with van der Waals surface area (Å²) in [5, 5.41) is 0. The molecule has 2 N–H and O–H groups in total. The molecule has 9 heteroatoms. The highest BCUT2D eigenvalue weighted by molar-refractivity contribution is 7.90. The second-order valence-electron chi connectivity index (χ2n) is 1.62. The van der Waals surface area contributed by atoms with Crippen molar-refractivity contribution >= 4 is 18.1 Å². The Hall–Kier alpha value is -0.270. The summed E-state index contributed by atoms with van der Waals surface area (Å²) in [7, 11) is -9.84. The van der Waals surface area contributed by atoms with Gasteiger partial charge in [-0.05, 0) is 0 Å². The van der Waals surface area contributed by atoms with Gasteiger partial charge in [-0.15, -0.1) is 10.8 Å². The van der Waals surface area contributed by atoms with Crippen molar-refractivity contribution in [2.75, 3.05) is 6.61 Å². The molecule has 6 nitrogen and oxygen atoms in total. The average molecular weight is 219 g/mol. The average Bonchev–Trinajstić information content (AvgIpc) is 1.78. The number of halogens is 1. The largest absolute Gasteiger partial charge is 0.455 e. The monoisotopic (exact) mass is 219 g/mol. The minimum atomic E-state index is -5.32. The van der Waals surface area contributed by atoms with Crippen molar-refractivity contribution in [3.8, 4) is 0 Å². The first-order valence-electron chi connectivity index (χ1n) is 2.58. The highest BCUT2D eigenvalue weighted by Gasteiger charge is 2.25. The summed E-state index contributed by atoms with van der Waals surface area (Å²) in [6, 6.07) is 0. The SMILES string of the molecule is C=CCOS(=O)(=O)NP(=O)(O)F. The van der Waals surface area contributed by atoms with E-state index < -0.39 is 24.7 Å². The lowest BCUT2D eigenvalue weighted by Crippen LogP contribution is -2.21. The molecule has 0 fully saturated rings. The van der Waals surface area contributed by atoms with Gasteiger partial charge in [0.25, 0.3) is 0 Å². The molecule has 0 aliphatic carbocycles. The minimum absolute atomic E-state index is 0.407. The first-order valence-corrected chi connectivity index (χ1v) is 5.54. The van der Waals surface area contributed by atoms with E-state index in [1.165, 1.54) is 0 Å². The number of rotatable bonds is 5. The summed E-state index contributed by atoms with van der Waals surface area (Å²) < 4.78 is 47.3. The molecule has 0 aliphatic rings. The van der Waals surface area contributed by atoms with Gasteiger partial charge >= 0.3 is 18.1 Å². The van der Waals surface area contributed by atoms with Crippen LogP contribution < -0.4 is 4.49 Å². The van der Waals surface area contributed by atoms with Crippen molar-refractivity contribution in [2.45, 2.75) is 0 Å². The van der Waals surface area contributed by atoms with E-state index in [9.17, 15) is 17.2 Å². The molecule has 0 aliphatic heterocycles. The Balaban J connectivity index is 4.25. The van der Waals surface area contributed by atoms with Crippen LogP contribution in [0.5, 0.6) is 0 Å². The predicted molar refractivity (Wildman–Crippen MR) is 39.1 cm³/mol. The molecule has 0 heterocycles. The summed E-state index contributed by atoms with van der Waals surface area (Å²) in [5.41, 5.74) is 0. The Morgan fingerprint density at radius 3 is 2.58 bits per heavy atom. The Labute approximate surface area is 68.9 Å². The number of nitrogens with one attached hydrogen (secondary N) is 1. The second-order valence-corrected chi connectivity index (χ2v) is 4.50. The highest BCUT2D eigenvalue weighted by Crippen LogP contribution is 2.37. The molecule has 72 valence electrons. The van der Waals surface area contributed by atoms with E-state index in [1.807, 2.05) is 0 Å². The standard InChI is InChI=1S/C3H7FNO5PS/c1-2-3-10-12(8,9)5-11(4,6)7/h2H,1,3H2,(H2,5,6,7). The van der Waals surface area contributed by atoms with Crippen LogP contribution in [0.2, 0.25) is 0 Å². The molecule has 1 unspecified atom stereocenters. The minimum Gasteiger partial charge on any atom is -0.309 e. The molecule has 0 aromatic heterocycles. The van der Waals surface area contributed by atoms with Crippen LogP contribution in [0.15, 0.2) is 12.7 Å². The third-order valence-corrected chi connectivity index (χ3v) is 2.81. The first-order chi connectivity index (χ1) is 5.27. The van der Waals surface area contributed by atoms with E-state index in [2.05, 4.69) is 10.8 Å². The Morgan fingerprint density at radius 2 is 2.25 bits per heavy atom. The maximum atomic E-state index is 11.8. The van der Waals surface area contributed by atoms with E-state index in [-0.39, 0.29) is 0 Å². The predicted octanol–water partition coefficient (Wildman–Crippen LogP) is 0.0933. The van der Waals surface area contributed by atoms with Crippen LogP contribution in [0.3, 0.4) is 0 Å². The lowest BCUT2D eigenvalue weighted by molar-refractivity contribution is 0.348. The van der Waals surface area contributed by atoms with Gasteiger partial charge in [-0.3, -0.25) is 4.18 Å². The van der Waals surface area contributed by atoms with E-state index >= 15 is 0 Å². The fourth-order valence-corrected chi connectivity index (χ4v) is 1.89. The van der Waals surface area contributed by atoms with Crippen molar-refractivity contribution in [1.82, 2.24) is 4.49 Å². The molecular weight excluding hydrogens is 212 g/mol. The van der Waals surface area contributed by atoms with Gasteiger partial charge in [-0.25, -0.2) is 4.57 Å². The maximum Gasteiger partial charge on any atom is 0.455 e. The summed E-state index contributed by atoms with van der Waals surface area (Å²) in [5.74, 6) is 0. The van der Waals surface area contributed by atoms with E-state index in [0.717, 1.165) is 10.6 Å². The lowest BCUT2D eigenvalue weighted by atomic mass is 10.7. The van der Waals surface area contributed by atoms with E-state index in [0.29, 0.717) is 0 Å². The van der Waals surface area contributed by atoms with Crippen LogP contribution in [-0.4, -0.2) is 19.9 Å². The number of hydrogen-bond donors (Lipinski definition) is 2. The van der Waals surface area contributed by atoms with Crippen LogP contribution in [0.25, 0.3) is 0 Å². The molecular formula is C3H7FNO5PS. The molecule has 0 saturated carbocycles. The highest BCUT2D eigenvalue weighted by atomic mass is 32.2. The Bertz CT molecular complexity index is 294. The molecule has 0 rings (SSSR count). The van der Waals surface area contributed by atoms with Crippen LogP contribution in [0.1, 0.15) is 0 Å². The zero-order chi connectivity index (χ0) is 9.83. The summed E-state index contributed by atoms with van der Waals surface area (Å²) in [6.45, 7) is 2.71. The van der Waals surface area contributed by atoms with Gasteiger partial charge in [0, 0.05) is 0 Å². The molecule has 0 bridgehead atoms. The molecule has 0 saturated heterocycles. The fourth-order valence-electron chi connectivity index (χ4n) is 0.302. The van der Waals surface area contributed by atoms with Gasteiger partial charge < -0.3 is 4.89 Å². The zero-order valence-electron chi connectivity index (χ0n) is 5.81. The summed E-state index contributed by atoms with van der Waals surface area (Å²) in [4.78, 5) is 7.95. The molecule has 0 spiro atoms. The second kappa shape index (κ2) is 4.11. The normalized spacial score (nSPS) is 16.8. The molecule has 12 heavy (non-hydrogen) atoms. The smallest absolute Gasteiger partial charge is 0.309 e. The lowest BCUT2D eigenvalue weighted by Gasteiger charge is -2.03. The Kier molecular flexibility index (Phi) is 4.01. The fraction of sp³-hybridized carbons (Fsp3) is 0.333. The van der Waals surface area contributed by atoms with Crippen LogP contribution in [0.4, 0.5) is 4.20 Å². The molecule has 1 atom stereocenters. The summed E-state index contributed by atoms with van der Waals surface area (Å²) >= 11 is 0. The third kappa shape index (κ3) is 6.44. The van der Waals surface area contributed by atoms with Gasteiger partial charge in [0.05, 0.1) is 6.61 Å². The maximum absolute atomic E-state index is 11.8. The Morgan fingerprint density at radius 1 is 1.75 bits per heavy atom. The van der Waals surface area contributed by atoms with E-state index in [4.69, 9.17) is 4.89 Å². The quantitative estimate of drug-likeness (QED) is 0.505. The van der Waals surface area contributed by atoms with Gasteiger partial charge in [0.2, 0.25) is 0 Å². The van der Waals surface area contributed by atoms with Crippen LogP contribution in [-0.2, 0) is 19.1 Å². The van der Waals surface area contributed by atoms with E-state index in [1.54, 1.807) is 0 Å². The molecule has 0 amide bonds. The van der Waals surface area contributed by atoms with Crippen molar-refractivity contribution in [3.05, 3.63) is 12.7 Å². The van der Waals surface area contributed by atoms with Crippen LogP contribution >= 0.6 is 7.83 Å². The van der Waals surface area contributed by atoms with Crippen molar-refractivity contribution in [1.29, 1.82) is 0 Å². The summed E-state index contributed by atoms with van der Waals surface area (Å²) in [6.07, 6.45) is 1.08. The van der Waals surface area contributed by atoms with Gasteiger partial charge in [0.15, 0.2) is 0 Å². The van der Waals surface area contributed by atoms with Gasteiger partial charge in [-0.2, -0.15) is 8.42 Å². The third-order valence-electron chi connectivity index (χ3n) is 0.565. The van der Waals surface area contributed by atoms with Gasteiger partial charge in [0.1, 0.15) is 0 Å². The van der Waals surface area contributed by atoms with Crippen molar-refractivity contribution in [2.24, 2.45) is 0 Å². The van der Waals surface area contributed by atoms with Crippen molar-refractivity contribution in [3.63, 3.8) is 0 Å². The zero-order valence-corrected chi connectivity index (χ0v) is 7.52. The number of hydrogen-bond acceptors (Lipinski definition) is 4. The van der Waals surface area contributed by atoms with Gasteiger partial charge in [-0.1, -0.05) is 10.6 Å². The molecule has 0 radical (unpaired) electrons. The van der Waals surface area contributed by atoms with Crippen LogP contribution in [0, 0.1) is 0 Å². The van der Waals surface area contributed by atoms with Crippen molar-refractivity contribution < 1.29 is 26.3 Å². The topological polar surface area (TPSA) is 92.7 Å². The molecule has 0 aromatic carbocycles. The molecule has 0 aromatic rings.